The van der Waals surface area contributed by atoms with Crippen LogP contribution in [0.25, 0.3) is 0 Å². The van der Waals surface area contributed by atoms with Gasteiger partial charge in [-0.1, -0.05) is 6.42 Å². The van der Waals surface area contributed by atoms with E-state index in [4.69, 9.17) is 5.11 Å². The zero-order valence-electron chi connectivity index (χ0n) is 13.2. The second-order valence-electron chi connectivity index (χ2n) is 5.31. The maximum absolute atomic E-state index is 12.0. The predicted molar refractivity (Wildman–Crippen MR) is 79.9 cm³/mol. The van der Waals surface area contributed by atoms with Crippen LogP contribution in [0.15, 0.2) is 0 Å². The normalized spacial score (nSPS) is 10.5. The average Bonchev–Trinajstić information content (AvgIpc) is 2.37. The van der Waals surface area contributed by atoms with Crippen molar-refractivity contribution in [3.8, 4) is 0 Å². The molecule has 0 spiro atoms. The summed E-state index contributed by atoms with van der Waals surface area (Å²) in [6.07, 6.45) is 2.71. The lowest BCUT2D eigenvalue weighted by Gasteiger charge is -2.22. The van der Waals surface area contributed by atoms with Crippen LogP contribution in [0.3, 0.4) is 0 Å². The molecule has 0 aromatic heterocycles. The highest BCUT2D eigenvalue weighted by Gasteiger charge is 2.16. The molecule has 0 unspecified atom stereocenters. The van der Waals surface area contributed by atoms with E-state index in [1.807, 2.05) is 19.0 Å². The molecule has 0 rings (SSSR count). The van der Waals surface area contributed by atoms with Crippen LogP contribution in [0.2, 0.25) is 0 Å². The Morgan fingerprint density at radius 1 is 1.05 bits per heavy atom. The lowest BCUT2D eigenvalue weighted by Crippen LogP contribution is -2.39. The number of carboxylic acid groups (broad SMARTS) is 1. The Labute approximate surface area is 126 Å². The topological polar surface area (TPSA) is 90.0 Å². The molecule has 0 aliphatic rings. The molecule has 0 bridgehead atoms. The molecule has 0 radical (unpaired) electrons. The van der Waals surface area contributed by atoms with Gasteiger partial charge in [-0.3, -0.25) is 14.4 Å². The first-order valence-electron chi connectivity index (χ1n) is 7.21. The SMILES string of the molecule is CC(=O)NCCCCCC(=O)N(CCN(C)C)CC(=O)O. The average molecular weight is 301 g/mol. The predicted octanol–water partition coefficient (Wildman–Crippen LogP) is 0.158. The van der Waals surface area contributed by atoms with Gasteiger partial charge in [0.15, 0.2) is 0 Å². The second kappa shape index (κ2) is 11.1. The summed E-state index contributed by atoms with van der Waals surface area (Å²) in [5.74, 6) is -1.17. The van der Waals surface area contributed by atoms with Crippen LogP contribution in [-0.4, -0.2) is 73.0 Å². The molecule has 21 heavy (non-hydrogen) atoms. The van der Waals surface area contributed by atoms with E-state index in [0.29, 0.717) is 32.5 Å². The number of hydrogen-bond acceptors (Lipinski definition) is 4. The van der Waals surface area contributed by atoms with Gasteiger partial charge in [0.2, 0.25) is 11.8 Å². The van der Waals surface area contributed by atoms with Crippen molar-refractivity contribution in [1.82, 2.24) is 15.1 Å². The molecular weight excluding hydrogens is 274 g/mol. The van der Waals surface area contributed by atoms with Crippen LogP contribution in [0.1, 0.15) is 32.6 Å². The highest BCUT2D eigenvalue weighted by molar-refractivity contribution is 5.81. The lowest BCUT2D eigenvalue weighted by atomic mass is 10.1. The minimum absolute atomic E-state index is 0.0533. The summed E-state index contributed by atoms with van der Waals surface area (Å²) in [4.78, 5) is 36.8. The number of hydrogen-bond donors (Lipinski definition) is 2. The third kappa shape index (κ3) is 11.9. The summed E-state index contributed by atoms with van der Waals surface area (Å²) in [6.45, 7) is 2.89. The van der Waals surface area contributed by atoms with Crippen LogP contribution in [-0.2, 0) is 14.4 Å². The molecule has 0 aliphatic carbocycles. The Hall–Kier alpha value is -1.63. The van der Waals surface area contributed by atoms with Crippen LogP contribution in [0, 0.1) is 0 Å². The van der Waals surface area contributed by atoms with Crippen molar-refractivity contribution in [2.75, 3.05) is 40.3 Å². The molecule has 0 aromatic rings. The minimum atomic E-state index is -0.993. The van der Waals surface area contributed by atoms with E-state index in [-0.39, 0.29) is 18.4 Å². The van der Waals surface area contributed by atoms with Gasteiger partial charge in [-0.25, -0.2) is 0 Å². The van der Waals surface area contributed by atoms with Crippen molar-refractivity contribution in [3.05, 3.63) is 0 Å². The number of amides is 2. The Morgan fingerprint density at radius 2 is 1.71 bits per heavy atom. The van der Waals surface area contributed by atoms with E-state index in [2.05, 4.69) is 5.32 Å². The third-order valence-corrected chi connectivity index (χ3v) is 2.94. The number of carboxylic acids is 1. The molecule has 122 valence electrons. The van der Waals surface area contributed by atoms with Crippen molar-refractivity contribution >= 4 is 17.8 Å². The van der Waals surface area contributed by atoms with Crippen LogP contribution < -0.4 is 5.32 Å². The summed E-state index contributed by atoms with van der Waals surface area (Å²) in [5.41, 5.74) is 0. The number of rotatable bonds is 11. The summed E-state index contributed by atoms with van der Waals surface area (Å²) >= 11 is 0. The molecule has 0 heterocycles. The fraction of sp³-hybridized carbons (Fsp3) is 0.786. The minimum Gasteiger partial charge on any atom is -0.480 e. The van der Waals surface area contributed by atoms with Crippen molar-refractivity contribution in [3.63, 3.8) is 0 Å². The van der Waals surface area contributed by atoms with Gasteiger partial charge in [0.05, 0.1) is 0 Å². The fourth-order valence-electron chi connectivity index (χ4n) is 1.78. The number of carbonyl (C=O) groups is 3. The number of likely N-dealkylation sites (N-methyl/N-ethyl adjacent to an activating group) is 1. The van der Waals surface area contributed by atoms with Gasteiger partial charge in [-0.15, -0.1) is 0 Å². The van der Waals surface area contributed by atoms with Crippen molar-refractivity contribution in [2.24, 2.45) is 0 Å². The van der Waals surface area contributed by atoms with E-state index < -0.39 is 5.97 Å². The first-order chi connectivity index (χ1) is 9.82. The first-order valence-corrected chi connectivity index (χ1v) is 7.21. The second-order valence-corrected chi connectivity index (χ2v) is 5.31. The maximum atomic E-state index is 12.0. The highest BCUT2D eigenvalue weighted by Crippen LogP contribution is 2.03. The van der Waals surface area contributed by atoms with E-state index in [1.54, 1.807) is 0 Å². The molecule has 0 saturated heterocycles. The van der Waals surface area contributed by atoms with E-state index >= 15 is 0 Å². The quantitative estimate of drug-likeness (QED) is 0.531. The molecule has 0 fully saturated rings. The fourth-order valence-corrected chi connectivity index (χ4v) is 1.78. The number of aliphatic carboxylic acids is 1. The number of nitrogens with one attached hydrogen (secondary N) is 1. The highest BCUT2D eigenvalue weighted by atomic mass is 16.4. The molecule has 0 saturated carbocycles. The van der Waals surface area contributed by atoms with Crippen molar-refractivity contribution < 1.29 is 19.5 Å². The summed E-state index contributed by atoms with van der Waals surface area (Å²) in [6, 6.07) is 0. The maximum Gasteiger partial charge on any atom is 0.323 e. The monoisotopic (exact) mass is 301 g/mol. The molecule has 7 heteroatoms. The van der Waals surface area contributed by atoms with E-state index in [9.17, 15) is 14.4 Å². The van der Waals surface area contributed by atoms with Gasteiger partial charge in [0.25, 0.3) is 0 Å². The van der Waals surface area contributed by atoms with Gasteiger partial charge in [0, 0.05) is 33.0 Å². The van der Waals surface area contributed by atoms with Gasteiger partial charge >= 0.3 is 5.97 Å². The Kier molecular flexibility index (Phi) is 10.2. The molecule has 0 aliphatic heterocycles. The van der Waals surface area contributed by atoms with E-state index in [1.165, 1.54) is 11.8 Å². The molecule has 2 N–H and O–H groups in total. The number of unbranched alkanes of at least 4 members (excludes halogenated alkanes) is 2. The first kappa shape index (κ1) is 19.4. The third-order valence-electron chi connectivity index (χ3n) is 2.94. The Balaban J connectivity index is 3.98. The molecule has 0 aromatic carbocycles. The van der Waals surface area contributed by atoms with Crippen molar-refractivity contribution in [2.45, 2.75) is 32.6 Å². The van der Waals surface area contributed by atoms with E-state index in [0.717, 1.165) is 12.8 Å². The number of carbonyl (C=O) groups excluding carboxylic acids is 2. The van der Waals surface area contributed by atoms with Gasteiger partial charge in [-0.05, 0) is 26.9 Å². The van der Waals surface area contributed by atoms with Crippen LogP contribution in [0.4, 0.5) is 0 Å². The number of nitrogens with zero attached hydrogens (tertiary/aromatic N) is 2. The summed E-state index contributed by atoms with van der Waals surface area (Å²) in [7, 11) is 3.76. The Morgan fingerprint density at radius 3 is 2.24 bits per heavy atom. The standard InChI is InChI=1S/C14H27N3O4/c1-12(18)15-8-6-4-5-7-13(19)17(11-14(20)21)10-9-16(2)3/h4-11H2,1-3H3,(H,15,18)(H,20,21). The molecular formula is C14H27N3O4. The van der Waals surface area contributed by atoms with Gasteiger partial charge < -0.3 is 20.2 Å². The lowest BCUT2D eigenvalue weighted by molar-refractivity contribution is -0.144. The smallest absolute Gasteiger partial charge is 0.323 e. The van der Waals surface area contributed by atoms with Gasteiger partial charge in [0.1, 0.15) is 6.54 Å². The molecule has 7 nitrogen and oxygen atoms in total. The Bertz CT molecular complexity index is 345. The molecule has 2 amide bonds. The largest absolute Gasteiger partial charge is 0.480 e. The van der Waals surface area contributed by atoms with Crippen LogP contribution in [0.5, 0.6) is 0 Å². The summed E-state index contributed by atoms with van der Waals surface area (Å²) < 4.78 is 0. The molecule has 0 atom stereocenters. The summed E-state index contributed by atoms with van der Waals surface area (Å²) in [5, 5.41) is 11.5. The van der Waals surface area contributed by atoms with Gasteiger partial charge in [-0.2, -0.15) is 0 Å². The van der Waals surface area contributed by atoms with Crippen LogP contribution >= 0.6 is 0 Å². The van der Waals surface area contributed by atoms with Crippen molar-refractivity contribution in [1.29, 1.82) is 0 Å². The zero-order valence-corrected chi connectivity index (χ0v) is 13.2. The zero-order chi connectivity index (χ0) is 16.3.